The van der Waals surface area contributed by atoms with Crippen molar-refractivity contribution in [3.63, 3.8) is 0 Å². The van der Waals surface area contributed by atoms with Gasteiger partial charge in [-0.2, -0.15) is 15.5 Å². The van der Waals surface area contributed by atoms with E-state index in [4.69, 9.17) is 0 Å². The molecule has 3 rings (SSSR count). The lowest BCUT2D eigenvalue weighted by atomic mass is 10.1. The Morgan fingerprint density at radius 1 is 0.870 bits per heavy atom. The lowest BCUT2D eigenvalue weighted by molar-refractivity contribution is 0.763. The van der Waals surface area contributed by atoms with Crippen LogP contribution in [0.5, 0.6) is 0 Å². The third-order valence-electron chi connectivity index (χ3n) is 3.73. The van der Waals surface area contributed by atoms with Crippen molar-refractivity contribution in [2.45, 2.75) is 34.6 Å². The Kier molecular flexibility index (Phi) is 3.49. The number of hydrogen-bond acceptors (Lipinski definition) is 4. The summed E-state index contributed by atoms with van der Waals surface area (Å²) in [5.41, 5.74) is 5.14. The molecule has 0 saturated heterocycles. The van der Waals surface area contributed by atoms with E-state index in [9.17, 15) is 5.26 Å². The summed E-state index contributed by atoms with van der Waals surface area (Å²) in [6.07, 6.45) is 0. The quantitative estimate of drug-likeness (QED) is 0.730. The molecular weight excluding hydrogens is 288 g/mol. The van der Waals surface area contributed by atoms with Gasteiger partial charge in [0, 0.05) is 11.4 Å². The molecule has 0 aliphatic carbocycles. The Hall–Kier alpha value is -2.94. The Bertz CT molecular complexity index is 939. The van der Waals surface area contributed by atoms with Gasteiger partial charge in [-0.25, -0.2) is 14.3 Å². The van der Waals surface area contributed by atoms with Crippen LogP contribution in [0.4, 0.5) is 0 Å². The Labute approximate surface area is 135 Å². The van der Waals surface area contributed by atoms with Gasteiger partial charge < -0.3 is 0 Å². The van der Waals surface area contributed by atoms with Gasteiger partial charge in [-0.3, -0.25) is 0 Å². The van der Waals surface area contributed by atoms with Gasteiger partial charge in [0.1, 0.15) is 6.07 Å². The van der Waals surface area contributed by atoms with Crippen molar-refractivity contribution < 1.29 is 0 Å². The van der Waals surface area contributed by atoms with E-state index in [0.717, 1.165) is 28.3 Å². The van der Waals surface area contributed by atoms with Gasteiger partial charge in [-0.1, -0.05) is 0 Å². The highest BCUT2D eigenvalue weighted by Gasteiger charge is 2.16. The highest BCUT2D eigenvalue weighted by Crippen LogP contribution is 2.21. The number of pyridine rings is 1. The Morgan fingerprint density at radius 3 is 1.91 bits per heavy atom. The molecule has 0 radical (unpaired) electrons. The summed E-state index contributed by atoms with van der Waals surface area (Å²) in [6.45, 7) is 9.71. The topological polar surface area (TPSA) is 72.3 Å². The van der Waals surface area contributed by atoms with E-state index in [1.165, 1.54) is 0 Å². The first-order valence-corrected chi connectivity index (χ1v) is 7.39. The van der Waals surface area contributed by atoms with Gasteiger partial charge in [0.15, 0.2) is 11.6 Å². The van der Waals surface area contributed by atoms with Gasteiger partial charge in [0.25, 0.3) is 0 Å². The predicted octanol–water partition coefficient (Wildman–Crippen LogP) is 2.87. The van der Waals surface area contributed by atoms with E-state index in [2.05, 4.69) is 21.3 Å². The first kappa shape index (κ1) is 15.0. The maximum Gasteiger partial charge on any atom is 0.174 e. The number of aryl methyl sites for hydroxylation is 5. The molecule has 0 bridgehead atoms. The van der Waals surface area contributed by atoms with E-state index in [1.54, 1.807) is 9.36 Å². The number of rotatable bonds is 2. The minimum absolute atomic E-state index is 0.529. The zero-order valence-electron chi connectivity index (χ0n) is 13.9. The molecule has 0 unspecified atom stereocenters. The lowest BCUT2D eigenvalue weighted by Gasteiger charge is -2.12. The first-order chi connectivity index (χ1) is 10.9. The summed E-state index contributed by atoms with van der Waals surface area (Å²) in [4.78, 5) is 4.67. The third-order valence-corrected chi connectivity index (χ3v) is 3.73. The molecule has 6 nitrogen and oxygen atoms in total. The molecule has 0 amide bonds. The summed E-state index contributed by atoms with van der Waals surface area (Å²) >= 11 is 0. The molecule has 0 fully saturated rings. The zero-order chi connectivity index (χ0) is 16.7. The summed E-state index contributed by atoms with van der Waals surface area (Å²) in [5.74, 6) is 1.23. The van der Waals surface area contributed by atoms with E-state index >= 15 is 0 Å². The average Bonchev–Trinajstić information content (AvgIpc) is 2.99. The standard InChI is InChI=1S/C17H18N6/c1-10-6-16(22-13(4)7-11(2)20-22)19-17(15(10)9-18)23-14(5)8-12(3)21-23/h6-8H,1-5H3. The largest absolute Gasteiger partial charge is 0.219 e. The summed E-state index contributed by atoms with van der Waals surface area (Å²) < 4.78 is 3.51. The van der Waals surface area contributed by atoms with Crippen LogP contribution in [-0.2, 0) is 0 Å². The van der Waals surface area contributed by atoms with Crippen molar-refractivity contribution in [2.24, 2.45) is 0 Å². The maximum atomic E-state index is 9.52. The molecule has 0 saturated carbocycles. The second-order valence-electron chi connectivity index (χ2n) is 5.79. The summed E-state index contributed by atoms with van der Waals surface area (Å²) in [7, 11) is 0. The SMILES string of the molecule is Cc1cc(C)n(-c2cc(C)c(C#N)c(-n3nc(C)cc3C)n2)n1. The molecule has 0 atom stereocenters. The van der Waals surface area contributed by atoms with Crippen LogP contribution in [0.3, 0.4) is 0 Å². The fourth-order valence-corrected chi connectivity index (χ4v) is 2.74. The number of nitrogens with zero attached hydrogens (tertiary/aromatic N) is 6. The van der Waals surface area contributed by atoms with Gasteiger partial charge in [0.2, 0.25) is 0 Å². The minimum atomic E-state index is 0.529. The monoisotopic (exact) mass is 306 g/mol. The van der Waals surface area contributed by atoms with Gasteiger partial charge in [0.05, 0.1) is 17.0 Å². The number of hydrogen-bond donors (Lipinski definition) is 0. The van der Waals surface area contributed by atoms with Crippen LogP contribution in [-0.4, -0.2) is 24.5 Å². The van der Waals surface area contributed by atoms with Crippen LogP contribution >= 0.6 is 0 Å². The van der Waals surface area contributed by atoms with Crippen molar-refractivity contribution in [1.29, 1.82) is 5.26 Å². The molecule has 3 aromatic heterocycles. The number of nitriles is 1. The fraction of sp³-hybridized carbons (Fsp3) is 0.294. The highest BCUT2D eigenvalue weighted by atomic mass is 15.4. The van der Waals surface area contributed by atoms with Crippen LogP contribution in [0.2, 0.25) is 0 Å². The van der Waals surface area contributed by atoms with Crippen molar-refractivity contribution in [2.75, 3.05) is 0 Å². The first-order valence-electron chi connectivity index (χ1n) is 7.39. The second kappa shape index (κ2) is 5.36. The highest BCUT2D eigenvalue weighted by molar-refractivity contribution is 5.52. The lowest BCUT2D eigenvalue weighted by Crippen LogP contribution is -2.11. The van der Waals surface area contributed by atoms with Crippen LogP contribution in [0.15, 0.2) is 18.2 Å². The van der Waals surface area contributed by atoms with Gasteiger partial charge in [-0.05, 0) is 58.4 Å². The van der Waals surface area contributed by atoms with E-state index in [-0.39, 0.29) is 0 Å². The van der Waals surface area contributed by atoms with Crippen LogP contribution in [0, 0.1) is 45.9 Å². The average molecular weight is 306 g/mol. The van der Waals surface area contributed by atoms with Gasteiger partial charge in [-0.15, -0.1) is 0 Å². The van der Waals surface area contributed by atoms with Crippen LogP contribution in [0.1, 0.15) is 33.9 Å². The van der Waals surface area contributed by atoms with E-state index in [1.807, 2.05) is 52.8 Å². The minimum Gasteiger partial charge on any atom is -0.219 e. The third kappa shape index (κ3) is 2.50. The Balaban J connectivity index is 2.29. The molecule has 0 spiro atoms. The molecule has 0 aliphatic heterocycles. The molecule has 3 aromatic rings. The fourth-order valence-electron chi connectivity index (χ4n) is 2.74. The normalized spacial score (nSPS) is 10.8. The molecule has 0 aromatic carbocycles. The molecule has 6 heteroatoms. The molecule has 23 heavy (non-hydrogen) atoms. The van der Waals surface area contributed by atoms with Crippen molar-refractivity contribution in [3.05, 3.63) is 52.1 Å². The van der Waals surface area contributed by atoms with Crippen LogP contribution in [0.25, 0.3) is 11.6 Å². The summed E-state index contributed by atoms with van der Waals surface area (Å²) in [6, 6.07) is 8.09. The maximum absolute atomic E-state index is 9.52. The van der Waals surface area contributed by atoms with Crippen molar-refractivity contribution in [1.82, 2.24) is 24.5 Å². The second-order valence-corrected chi connectivity index (χ2v) is 5.79. The zero-order valence-corrected chi connectivity index (χ0v) is 13.9. The molecule has 3 heterocycles. The van der Waals surface area contributed by atoms with Crippen molar-refractivity contribution >= 4 is 0 Å². The van der Waals surface area contributed by atoms with Crippen molar-refractivity contribution in [3.8, 4) is 17.7 Å². The smallest absolute Gasteiger partial charge is 0.174 e. The van der Waals surface area contributed by atoms with E-state index < -0.39 is 0 Å². The number of aromatic nitrogens is 5. The molecule has 116 valence electrons. The van der Waals surface area contributed by atoms with E-state index in [0.29, 0.717) is 17.2 Å². The Morgan fingerprint density at radius 2 is 1.43 bits per heavy atom. The molecule has 0 N–H and O–H groups in total. The molecular formula is C17H18N6. The summed E-state index contributed by atoms with van der Waals surface area (Å²) in [5, 5.41) is 18.5. The predicted molar refractivity (Wildman–Crippen MR) is 86.9 cm³/mol. The van der Waals surface area contributed by atoms with Gasteiger partial charge >= 0.3 is 0 Å². The van der Waals surface area contributed by atoms with Crippen LogP contribution < -0.4 is 0 Å². The molecule has 0 aliphatic rings.